The molecule has 0 radical (unpaired) electrons. The molecule has 0 spiro atoms. The van der Waals surface area contributed by atoms with Crippen molar-refractivity contribution in [1.82, 2.24) is 5.32 Å². The molecule has 5 nitrogen and oxygen atoms in total. The molecule has 0 saturated carbocycles. The third-order valence-electron chi connectivity index (χ3n) is 3.16. The van der Waals surface area contributed by atoms with Crippen LogP contribution in [0.5, 0.6) is 0 Å². The monoisotopic (exact) mass is 307 g/mol. The number of benzene rings is 1. The van der Waals surface area contributed by atoms with Crippen LogP contribution in [0.2, 0.25) is 0 Å². The zero-order valence-electron chi connectivity index (χ0n) is 12.3. The van der Waals surface area contributed by atoms with Crippen molar-refractivity contribution in [3.63, 3.8) is 0 Å². The fraction of sp³-hybridized carbons (Fsp3) is 0.467. The molecule has 3 N–H and O–H groups in total. The summed E-state index contributed by atoms with van der Waals surface area (Å²) in [6.45, 7) is 4.54. The van der Waals surface area contributed by atoms with Gasteiger partial charge in [-0.25, -0.2) is 0 Å². The lowest BCUT2D eigenvalue weighted by molar-refractivity contribution is -0.119. The summed E-state index contributed by atoms with van der Waals surface area (Å²) in [7, 11) is 0. The second-order valence-corrected chi connectivity index (χ2v) is 6.45. The molecule has 1 atom stereocenters. The number of carbonyl (C=O) groups excluding carboxylic acids is 2. The van der Waals surface area contributed by atoms with Crippen LogP contribution in [-0.4, -0.2) is 35.9 Å². The summed E-state index contributed by atoms with van der Waals surface area (Å²) in [6, 6.07) is 7.06. The van der Waals surface area contributed by atoms with E-state index in [4.69, 9.17) is 0 Å². The minimum absolute atomic E-state index is 0.0328. The molecule has 114 valence electrons. The first-order valence-corrected chi connectivity index (χ1v) is 8.24. The maximum absolute atomic E-state index is 12.1. The van der Waals surface area contributed by atoms with Crippen molar-refractivity contribution >= 4 is 35.0 Å². The predicted octanol–water partition coefficient (Wildman–Crippen LogP) is 1.92. The SMILES string of the molecule is CC(C)C(=O)Nc1cccc(NC(=O)C2CSCCN2)c1. The van der Waals surface area contributed by atoms with E-state index in [1.807, 2.05) is 32.0 Å². The molecule has 1 aliphatic rings. The van der Waals surface area contributed by atoms with Gasteiger partial charge in [-0.1, -0.05) is 19.9 Å². The first-order valence-electron chi connectivity index (χ1n) is 7.09. The molecule has 0 bridgehead atoms. The van der Waals surface area contributed by atoms with E-state index in [1.165, 1.54) is 0 Å². The van der Waals surface area contributed by atoms with Gasteiger partial charge in [0.2, 0.25) is 11.8 Å². The maximum atomic E-state index is 12.1. The van der Waals surface area contributed by atoms with Gasteiger partial charge in [-0.2, -0.15) is 11.8 Å². The number of hydrogen-bond acceptors (Lipinski definition) is 4. The normalized spacial score (nSPS) is 18.3. The Hall–Kier alpha value is -1.53. The van der Waals surface area contributed by atoms with Crippen LogP contribution in [0.3, 0.4) is 0 Å². The number of carbonyl (C=O) groups is 2. The average Bonchev–Trinajstić information content (AvgIpc) is 2.48. The molecule has 21 heavy (non-hydrogen) atoms. The van der Waals surface area contributed by atoms with Gasteiger partial charge in [0, 0.05) is 35.3 Å². The molecular formula is C15H21N3O2S. The molecule has 2 rings (SSSR count). The zero-order chi connectivity index (χ0) is 15.2. The second-order valence-electron chi connectivity index (χ2n) is 5.30. The van der Waals surface area contributed by atoms with Crippen molar-refractivity contribution in [1.29, 1.82) is 0 Å². The molecule has 1 unspecified atom stereocenters. The highest BCUT2D eigenvalue weighted by Crippen LogP contribution is 2.17. The Kier molecular flexibility index (Phi) is 5.64. The van der Waals surface area contributed by atoms with Crippen molar-refractivity contribution in [2.24, 2.45) is 5.92 Å². The Labute approximate surface area is 129 Å². The van der Waals surface area contributed by atoms with Gasteiger partial charge < -0.3 is 16.0 Å². The van der Waals surface area contributed by atoms with Crippen LogP contribution in [0, 0.1) is 5.92 Å². The van der Waals surface area contributed by atoms with Crippen LogP contribution in [0.1, 0.15) is 13.8 Å². The van der Waals surface area contributed by atoms with E-state index in [-0.39, 0.29) is 23.8 Å². The van der Waals surface area contributed by atoms with E-state index in [9.17, 15) is 9.59 Å². The average molecular weight is 307 g/mol. The summed E-state index contributed by atoms with van der Waals surface area (Å²) in [4.78, 5) is 23.8. The minimum atomic E-state index is -0.155. The lowest BCUT2D eigenvalue weighted by atomic mass is 10.2. The van der Waals surface area contributed by atoms with Gasteiger partial charge in [-0.05, 0) is 18.2 Å². The summed E-state index contributed by atoms with van der Waals surface area (Å²) < 4.78 is 0. The molecule has 2 amide bonds. The summed E-state index contributed by atoms with van der Waals surface area (Å²) in [5.41, 5.74) is 1.39. The molecule has 0 aromatic heterocycles. The Balaban J connectivity index is 1.97. The number of amides is 2. The third-order valence-corrected chi connectivity index (χ3v) is 4.22. The number of thioether (sulfide) groups is 1. The van der Waals surface area contributed by atoms with Crippen LogP contribution in [0.4, 0.5) is 11.4 Å². The number of anilines is 2. The molecular weight excluding hydrogens is 286 g/mol. The first-order chi connectivity index (χ1) is 10.1. The zero-order valence-corrected chi connectivity index (χ0v) is 13.1. The van der Waals surface area contributed by atoms with Gasteiger partial charge in [0.15, 0.2) is 0 Å². The van der Waals surface area contributed by atoms with E-state index < -0.39 is 0 Å². The summed E-state index contributed by atoms with van der Waals surface area (Å²) in [5, 5.41) is 8.91. The largest absolute Gasteiger partial charge is 0.326 e. The fourth-order valence-corrected chi connectivity index (χ4v) is 2.86. The number of nitrogens with one attached hydrogen (secondary N) is 3. The van der Waals surface area contributed by atoms with Gasteiger partial charge in [0.1, 0.15) is 0 Å². The van der Waals surface area contributed by atoms with E-state index in [1.54, 1.807) is 17.8 Å². The minimum Gasteiger partial charge on any atom is -0.326 e. The lowest BCUT2D eigenvalue weighted by Crippen LogP contribution is -2.46. The molecule has 0 aliphatic carbocycles. The highest BCUT2D eigenvalue weighted by atomic mass is 32.2. The Bertz CT molecular complexity index is 513. The van der Waals surface area contributed by atoms with Crippen LogP contribution in [-0.2, 0) is 9.59 Å². The number of hydrogen-bond donors (Lipinski definition) is 3. The molecule has 1 aliphatic heterocycles. The predicted molar refractivity (Wildman–Crippen MR) is 87.7 cm³/mol. The molecule has 1 saturated heterocycles. The summed E-state index contributed by atoms with van der Waals surface area (Å²) in [5.74, 6) is 1.68. The Morgan fingerprint density at radius 3 is 2.62 bits per heavy atom. The van der Waals surface area contributed by atoms with E-state index >= 15 is 0 Å². The number of rotatable bonds is 4. The quantitative estimate of drug-likeness (QED) is 0.795. The Morgan fingerprint density at radius 2 is 2.00 bits per heavy atom. The first kappa shape index (κ1) is 15.9. The smallest absolute Gasteiger partial charge is 0.242 e. The molecule has 6 heteroatoms. The third kappa shape index (κ3) is 4.75. The van der Waals surface area contributed by atoms with Gasteiger partial charge in [0.25, 0.3) is 0 Å². The fourth-order valence-electron chi connectivity index (χ4n) is 1.92. The van der Waals surface area contributed by atoms with Crippen molar-refractivity contribution in [2.45, 2.75) is 19.9 Å². The molecule has 1 heterocycles. The highest BCUT2D eigenvalue weighted by molar-refractivity contribution is 7.99. The van der Waals surface area contributed by atoms with Gasteiger partial charge in [-0.15, -0.1) is 0 Å². The van der Waals surface area contributed by atoms with Gasteiger partial charge >= 0.3 is 0 Å². The molecule has 1 aromatic carbocycles. The highest BCUT2D eigenvalue weighted by Gasteiger charge is 2.20. The van der Waals surface area contributed by atoms with Crippen LogP contribution < -0.4 is 16.0 Å². The van der Waals surface area contributed by atoms with Crippen molar-refractivity contribution in [3.8, 4) is 0 Å². The van der Waals surface area contributed by atoms with E-state index in [0.717, 1.165) is 18.1 Å². The summed E-state index contributed by atoms with van der Waals surface area (Å²) >= 11 is 1.78. The van der Waals surface area contributed by atoms with Crippen molar-refractivity contribution in [3.05, 3.63) is 24.3 Å². The van der Waals surface area contributed by atoms with Crippen molar-refractivity contribution < 1.29 is 9.59 Å². The lowest BCUT2D eigenvalue weighted by Gasteiger charge is -2.22. The van der Waals surface area contributed by atoms with Crippen LogP contribution in [0.25, 0.3) is 0 Å². The van der Waals surface area contributed by atoms with Crippen LogP contribution in [0.15, 0.2) is 24.3 Å². The van der Waals surface area contributed by atoms with E-state index in [2.05, 4.69) is 16.0 Å². The molecule has 1 fully saturated rings. The maximum Gasteiger partial charge on any atom is 0.242 e. The Morgan fingerprint density at radius 1 is 1.29 bits per heavy atom. The standard InChI is InChI=1S/C15H21N3O2S/c1-10(2)14(19)17-11-4-3-5-12(8-11)18-15(20)13-9-21-7-6-16-13/h3-5,8,10,13,16H,6-7,9H2,1-2H3,(H,17,19)(H,18,20). The van der Waals surface area contributed by atoms with Gasteiger partial charge in [0.05, 0.1) is 6.04 Å². The second kappa shape index (κ2) is 7.47. The molecule has 1 aromatic rings. The van der Waals surface area contributed by atoms with Crippen molar-refractivity contribution in [2.75, 3.05) is 28.7 Å². The topological polar surface area (TPSA) is 70.2 Å². The van der Waals surface area contributed by atoms with Gasteiger partial charge in [-0.3, -0.25) is 9.59 Å². The van der Waals surface area contributed by atoms with Crippen LogP contribution >= 0.6 is 11.8 Å². The van der Waals surface area contributed by atoms with E-state index in [0.29, 0.717) is 11.4 Å². The summed E-state index contributed by atoms with van der Waals surface area (Å²) in [6.07, 6.45) is 0.